The number of fused-ring (bicyclic) bond motifs is 5. The van der Waals surface area contributed by atoms with Crippen molar-refractivity contribution in [3.63, 3.8) is 0 Å². The first-order chi connectivity index (χ1) is 19.7. The molecule has 0 bridgehead atoms. The van der Waals surface area contributed by atoms with Crippen molar-refractivity contribution in [1.29, 1.82) is 0 Å². The van der Waals surface area contributed by atoms with E-state index in [1.807, 2.05) is 0 Å². The van der Waals surface area contributed by atoms with E-state index in [-0.39, 0.29) is 0 Å². The fourth-order valence-electron chi connectivity index (χ4n) is 8.07. The van der Waals surface area contributed by atoms with E-state index in [0.29, 0.717) is 17.8 Å². The minimum atomic E-state index is 0.424. The van der Waals surface area contributed by atoms with Gasteiger partial charge in [-0.2, -0.15) is 0 Å². The average molecular weight is 519 g/mol. The van der Waals surface area contributed by atoms with Crippen LogP contribution in [0.4, 0.5) is 0 Å². The van der Waals surface area contributed by atoms with Crippen molar-refractivity contribution in [3.05, 3.63) is 142 Å². The van der Waals surface area contributed by atoms with Crippen LogP contribution >= 0.6 is 0 Å². The zero-order valence-corrected chi connectivity index (χ0v) is 24.0. The van der Waals surface area contributed by atoms with Crippen LogP contribution < -0.4 is 0 Å². The molecule has 0 aromatic heterocycles. The third-order valence-corrected chi connectivity index (χ3v) is 9.66. The van der Waals surface area contributed by atoms with E-state index < -0.39 is 0 Å². The van der Waals surface area contributed by atoms with Crippen LogP contribution in [0.3, 0.4) is 0 Å². The Kier molecular flexibility index (Phi) is 6.43. The zero-order chi connectivity index (χ0) is 27.2. The van der Waals surface area contributed by atoms with Crippen molar-refractivity contribution in [2.24, 2.45) is 5.92 Å². The minimum absolute atomic E-state index is 0.424. The maximum absolute atomic E-state index is 2.55. The second-order valence-electron chi connectivity index (χ2n) is 11.6. The number of benzene rings is 5. The third kappa shape index (κ3) is 3.80. The molecule has 0 nitrogen and oxygen atoms in total. The predicted molar refractivity (Wildman–Crippen MR) is 173 cm³/mol. The standard InChI is InChI=1S/C40H38/c1-4-14-36(38-26(5-2)25-37-31-19-10-8-16-28(31)23-24-35(37)38)40-29(6-3)39(33-20-11-12-21-34(33)40)32-22-13-17-27-15-7-9-18-30(27)32/h7-13,15-25,36,38,40H,4-6,14H2,1-3H3. The molecule has 3 unspecified atom stereocenters. The Morgan fingerprint density at radius 1 is 0.575 bits per heavy atom. The Morgan fingerprint density at radius 2 is 1.25 bits per heavy atom. The van der Waals surface area contributed by atoms with Gasteiger partial charge in [-0.3, -0.25) is 0 Å². The summed E-state index contributed by atoms with van der Waals surface area (Å²) in [6.07, 6.45) is 7.14. The number of rotatable bonds is 7. The van der Waals surface area contributed by atoms with Crippen LogP contribution in [0.2, 0.25) is 0 Å². The molecule has 2 aliphatic rings. The van der Waals surface area contributed by atoms with Crippen molar-refractivity contribution in [2.45, 2.75) is 58.3 Å². The second-order valence-corrected chi connectivity index (χ2v) is 11.6. The van der Waals surface area contributed by atoms with Crippen LogP contribution in [0, 0.1) is 5.92 Å². The Bertz CT molecular complexity index is 1790. The molecule has 0 saturated carbocycles. The van der Waals surface area contributed by atoms with Crippen molar-refractivity contribution in [3.8, 4) is 0 Å². The Labute approximate surface area is 239 Å². The van der Waals surface area contributed by atoms with Crippen LogP contribution in [0.5, 0.6) is 0 Å². The highest BCUT2D eigenvalue weighted by atomic mass is 14.5. The van der Waals surface area contributed by atoms with Gasteiger partial charge in [0.25, 0.3) is 0 Å². The van der Waals surface area contributed by atoms with Gasteiger partial charge in [0.15, 0.2) is 0 Å². The minimum Gasteiger partial charge on any atom is -0.0654 e. The summed E-state index contributed by atoms with van der Waals surface area (Å²) in [6.45, 7) is 7.12. The van der Waals surface area contributed by atoms with Crippen LogP contribution in [-0.4, -0.2) is 0 Å². The molecular weight excluding hydrogens is 480 g/mol. The molecule has 0 fully saturated rings. The molecule has 7 rings (SSSR count). The Balaban J connectivity index is 1.46. The molecule has 0 heteroatoms. The molecule has 40 heavy (non-hydrogen) atoms. The highest BCUT2D eigenvalue weighted by Gasteiger charge is 2.42. The molecule has 0 saturated heterocycles. The van der Waals surface area contributed by atoms with E-state index in [0.717, 1.165) is 12.8 Å². The lowest BCUT2D eigenvalue weighted by atomic mass is 9.69. The molecule has 0 heterocycles. The van der Waals surface area contributed by atoms with Gasteiger partial charge < -0.3 is 0 Å². The van der Waals surface area contributed by atoms with Gasteiger partial charge in [0.2, 0.25) is 0 Å². The molecule has 0 amide bonds. The molecule has 198 valence electrons. The molecule has 5 aromatic rings. The second kappa shape index (κ2) is 10.3. The van der Waals surface area contributed by atoms with Crippen LogP contribution in [0.15, 0.2) is 114 Å². The summed E-state index contributed by atoms with van der Waals surface area (Å²) in [4.78, 5) is 0. The molecule has 2 aliphatic carbocycles. The van der Waals surface area contributed by atoms with Gasteiger partial charge >= 0.3 is 0 Å². The van der Waals surface area contributed by atoms with E-state index in [4.69, 9.17) is 0 Å². The van der Waals surface area contributed by atoms with Gasteiger partial charge in [-0.25, -0.2) is 0 Å². The Morgan fingerprint density at radius 3 is 2.02 bits per heavy atom. The lowest BCUT2D eigenvalue weighted by Gasteiger charge is -2.34. The van der Waals surface area contributed by atoms with E-state index in [1.165, 1.54) is 62.2 Å². The summed E-state index contributed by atoms with van der Waals surface area (Å²) in [5.74, 6) is 1.41. The van der Waals surface area contributed by atoms with Crippen molar-refractivity contribution >= 4 is 33.2 Å². The number of allylic oxidation sites excluding steroid dienone is 2. The smallest absolute Gasteiger partial charge is 0.0101 e. The first kappa shape index (κ1) is 25.1. The molecule has 0 radical (unpaired) electrons. The first-order valence-electron chi connectivity index (χ1n) is 15.3. The Hall–Kier alpha value is -3.90. The summed E-state index contributed by atoms with van der Waals surface area (Å²) in [6, 6.07) is 38.8. The highest BCUT2D eigenvalue weighted by Crippen LogP contribution is 2.57. The summed E-state index contributed by atoms with van der Waals surface area (Å²) < 4.78 is 0. The van der Waals surface area contributed by atoms with Gasteiger partial charge in [0, 0.05) is 11.8 Å². The normalized spacial score (nSPS) is 18.7. The van der Waals surface area contributed by atoms with Gasteiger partial charge in [-0.1, -0.05) is 148 Å². The van der Waals surface area contributed by atoms with Gasteiger partial charge in [-0.15, -0.1) is 0 Å². The summed E-state index contributed by atoms with van der Waals surface area (Å²) in [7, 11) is 0. The number of hydrogen-bond donors (Lipinski definition) is 0. The molecule has 0 aliphatic heterocycles. The quantitative estimate of drug-likeness (QED) is 0.201. The van der Waals surface area contributed by atoms with Gasteiger partial charge in [-0.05, 0) is 80.1 Å². The van der Waals surface area contributed by atoms with E-state index in [9.17, 15) is 0 Å². The summed E-state index contributed by atoms with van der Waals surface area (Å²) >= 11 is 0. The first-order valence-corrected chi connectivity index (χ1v) is 15.3. The van der Waals surface area contributed by atoms with Gasteiger partial charge in [0.1, 0.15) is 0 Å². The van der Waals surface area contributed by atoms with Gasteiger partial charge in [0.05, 0.1) is 0 Å². The lowest BCUT2D eigenvalue weighted by molar-refractivity contribution is 0.376. The molecule has 5 aromatic carbocycles. The molecular formula is C40H38. The average Bonchev–Trinajstić information content (AvgIpc) is 3.55. The fraction of sp³-hybridized carbons (Fsp3) is 0.250. The topological polar surface area (TPSA) is 0 Å². The van der Waals surface area contributed by atoms with E-state index in [1.54, 1.807) is 16.7 Å². The molecule has 0 N–H and O–H groups in total. The zero-order valence-electron chi connectivity index (χ0n) is 24.0. The predicted octanol–water partition coefficient (Wildman–Crippen LogP) is 11.3. The number of hydrogen-bond acceptors (Lipinski definition) is 0. The van der Waals surface area contributed by atoms with Crippen molar-refractivity contribution in [1.82, 2.24) is 0 Å². The van der Waals surface area contributed by atoms with E-state index >= 15 is 0 Å². The summed E-state index contributed by atoms with van der Waals surface area (Å²) in [5.41, 5.74) is 12.1. The molecule has 0 spiro atoms. The highest BCUT2D eigenvalue weighted by molar-refractivity contribution is 6.01. The maximum Gasteiger partial charge on any atom is 0.0101 e. The van der Waals surface area contributed by atoms with E-state index in [2.05, 4.69) is 130 Å². The molecule has 3 atom stereocenters. The lowest BCUT2D eigenvalue weighted by Crippen LogP contribution is -2.22. The fourth-order valence-corrected chi connectivity index (χ4v) is 8.07. The monoisotopic (exact) mass is 518 g/mol. The maximum atomic E-state index is 2.55. The van der Waals surface area contributed by atoms with Crippen LogP contribution in [0.25, 0.3) is 33.2 Å². The van der Waals surface area contributed by atoms with Crippen molar-refractivity contribution < 1.29 is 0 Å². The SMILES string of the molecule is CCCC(C1C(CC)=C(c2cccc3ccccc23)c2ccccc21)C1C(CC)=Cc2c1ccc1ccccc21. The largest absolute Gasteiger partial charge is 0.0654 e. The van der Waals surface area contributed by atoms with Crippen molar-refractivity contribution in [2.75, 3.05) is 0 Å². The third-order valence-electron chi connectivity index (χ3n) is 9.66. The van der Waals surface area contributed by atoms with Crippen LogP contribution in [0.1, 0.15) is 86.1 Å². The summed E-state index contributed by atoms with van der Waals surface area (Å²) in [5, 5.41) is 5.43. The van der Waals surface area contributed by atoms with Crippen LogP contribution in [-0.2, 0) is 0 Å².